The van der Waals surface area contributed by atoms with Gasteiger partial charge in [0.1, 0.15) is 0 Å². The molecule has 122 valence electrons. The van der Waals surface area contributed by atoms with Gasteiger partial charge in [0.2, 0.25) is 0 Å². The first-order valence-electron chi connectivity index (χ1n) is 8.15. The normalized spacial score (nSPS) is 15.8. The average molecular weight is 298 g/mol. The molecular formula is C16H30N2O3. The molecule has 0 aromatic carbocycles. The molecule has 0 aliphatic heterocycles. The number of nitrogens with one attached hydrogen (secondary N) is 1. The van der Waals surface area contributed by atoms with Gasteiger partial charge in [0.15, 0.2) is 0 Å². The van der Waals surface area contributed by atoms with Gasteiger partial charge in [-0.2, -0.15) is 0 Å². The van der Waals surface area contributed by atoms with Gasteiger partial charge in [-0.25, -0.2) is 4.79 Å². The number of urea groups is 1. The Morgan fingerprint density at radius 3 is 2.43 bits per heavy atom. The zero-order valence-corrected chi connectivity index (χ0v) is 13.7. The smallest absolute Gasteiger partial charge is 0.317 e. The van der Waals surface area contributed by atoms with Crippen LogP contribution in [-0.4, -0.2) is 43.1 Å². The molecule has 1 rings (SSSR count). The zero-order chi connectivity index (χ0) is 15.7. The molecule has 0 aromatic heterocycles. The Morgan fingerprint density at radius 2 is 1.86 bits per heavy atom. The third-order valence-electron chi connectivity index (χ3n) is 4.01. The van der Waals surface area contributed by atoms with Gasteiger partial charge >= 0.3 is 12.0 Å². The second-order valence-corrected chi connectivity index (χ2v) is 6.28. The highest BCUT2D eigenvalue weighted by atomic mass is 16.5. The van der Waals surface area contributed by atoms with E-state index in [1.54, 1.807) is 4.90 Å². The van der Waals surface area contributed by atoms with Crippen LogP contribution in [0, 0.1) is 5.92 Å². The summed E-state index contributed by atoms with van der Waals surface area (Å²) in [7, 11) is 1.38. The lowest BCUT2D eigenvalue weighted by Crippen LogP contribution is -2.46. The van der Waals surface area contributed by atoms with E-state index in [9.17, 15) is 9.59 Å². The molecule has 0 saturated heterocycles. The summed E-state index contributed by atoms with van der Waals surface area (Å²) in [6, 6.07) is 0.261. The van der Waals surface area contributed by atoms with E-state index < -0.39 is 0 Å². The van der Waals surface area contributed by atoms with Crippen molar-refractivity contribution in [3.8, 4) is 0 Å². The summed E-state index contributed by atoms with van der Waals surface area (Å²) >= 11 is 0. The summed E-state index contributed by atoms with van der Waals surface area (Å²) in [5.74, 6) is 0.267. The van der Waals surface area contributed by atoms with Crippen molar-refractivity contribution in [2.75, 3.05) is 20.2 Å². The third kappa shape index (κ3) is 7.34. The molecular weight excluding hydrogens is 268 g/mol. The molecule has 5 nitrogen and oxygen atoms in total. The number of hydrogen-bond acceptors (Lipinski definition) is 3. The van der Waals surface area contributed by atoms with Crippen molar-refractivity contribution in [2.45, 2.75) is 64.8 Å². The minimum atomic E-state index is -0.269. The lowest BCUT2D eigenvalue weighted by molar-refractivity contribution is -0.140. The molecule has 5 heteroatoms. The van der Waals surface area contributed by atoms with Gasteiger partial charge in [0.25, 0.3) is 0 Å². The molecule has 1 fully saturated rings. The van der Waals surface area contributed by atoms with Gasteiger partial charge in [-0.05, 0) is 25.2 Å². The van der Waals surface area contributed by atoms with E-state index in [0.717, 1.165) is 19.3 Å². The van der Waals surface area contributed by atoms with E-state index in [-0.39, 0.29) is 18.4 Å². The Balaban J connectivity index is 2.47. The van der Waals surface area contributed by atoms with E-state index in [4.69, 9.17) is 0 Å². The van der Waals surface area contributed by atoms with Crippen molar-refractivity contribution in [1.82, 2.24) is 10.2 Å². The molecule has 1 saturated carbocycles. The molecule has 0 atom stereocenters. The zero-order valence-electron chi connectivity index (χ0n) is 13.7. The highest BCUT2D eigenvalue weighted by molar-refractivity contribution is 5.76. The lowest BCUT2D eigenvalue weighted by Gasteiger charge is -2.28. The predicted molar refractivity (Wildman–Crippen MR) is 83.1 cm³/mol. The first-order valence-corrected chi connectivity index (χ1v) is 8.15. The molecule has 0 radical (unpaired) electrons. The number of nitrogens with zero attached hydrogens (tertiary/aromatic N) is 1. The molecule has 1 aliphatic rings. The van der Waals surface area contributed by atoms with E-state index >= 15 is 0 Å². The second kappa shape index (κ2) is 9.64. The van der Waals surface area contributed by atoms with Crippen molar-refractivity contribution in [3.05, 3.63) is 0 Å². The van der Waals surface area contributed by atoms with Crippen LogP contribution in [-0.2, 0) is 9.53 Å². The third-order valence-corrected chi connectivity index (χ3v) is 4.01. The molecule has 0 heterocycles. The maximum Gasteiger partial charge on any atom is 0.317 e. The Labute approximate surface area is 128 Å². The fraction of sp³-hybridized carbons (Fsp3) is 0.875. The average Bonchev–Trinajstić information content (AvgIpc) is 2.47. The number of methoxy groups -OCH3 is 1. The van der Waals surface area contributed by atoms with E-state index in [1.807, 2.05) is 0 Å². The van der Waals surface area contributed by atoms with E-state index in [0.29, 0.717) is 25.0 Å². The number of esters is 1. The number of amides is 2. The molecule has 1 N–H and O–H groups in total. The monoisotopic (exact) mass is 298 g/mol. The maximum atomic E-state index is 12.4. The van der Waals surface area contributed by atoms with E-state index in [2.05, 4.69) is 23.9 Å². The molecule has 0 aromatic rings. The van der Waals surface area contributed by atoms with Crippen molar-refractivity contribution in [3.63, 3.8) is 0 Å². The van der Waals surface area contributed by atoms with Crippen LogP contribution in [0.2, 0.25) is 0 Å². The van der Waals surface area contributed by atoms with Crippen LogP contribution < -0.4 is 5.32 Å². The number of carbonyl (C=O) groups is 2. The Kier molecular flexibility index (Phi) is 8.16. The summed E-state index contributed by atoms with van der Waals surface area (Å²) in [6.07, 6.45) is 7.00. The molecule has 0 bridgehead atoms. The van der Waals surface area contributed by atoms with Gasteiger partial charge in [-0.1, -0.05) is 33.1 Å². The first kappa shape index (κ1) is 17.8. The first-order chi connectivity index (χ1) is 10.0. The van der Waals surface area contributed by atoms with Crippen LogP contribution in [0.3, 0.4) is 0 Å². The number of hydrogen-bond donors (Lipinski definition) is 1. The number of ether oxygens (including phenoxy) is 1. The Bertz CT molecular complexity index is 325. The van der Waals surface area contributed by atoms with Crippen molar-refractivity contribution < 1.29 is 14.3 Å². The van der Waals surface area contributed by atoms with Crippen molar-refractivity contribution >= 4 is 12.0 Å². The van der Waals surface area contributed by atoms with Gasteiger partial charge in [-0.15, -0.1) is 0 Å². The quantitative estimate of drug-likeness (QED) is 0.735. The van der Waals surface area contributed by atoms with Gasteiger partial charge in [0, 0.05) is 19.1 Å². The SMILES string of the molecule is COC(=O)CCN(CCC(C)C)C(=O)NC1CCCCC1. The van der Waals surface area contributed by atoms with Crippen LogP contribution in [0.25, 0.3) is 0 Å². The van der Waals surface area contributed by atoms with Crippen molar-refractivity contribution in [1.29, 1.82) is 0 Å². The fourth-order valence-electron chi connectivity index (χ4n) is 2.57. The molecule has 0 unspecified atom stereocenters. The summed E-state index contributed by atoms with van der Waals surface area (Å²) in [5.41, 5.74) is 0. The molecule has 0 spiro atoms. The lowest BCUT2D eigenvalue weighted by atomic mass is 9.96. The second-order valence-electron chi connectivity index (χ2n) is 6.28. The predicted octanol–water partition coefficient (Wildman–Crippen LogP) is 2.94. The van der Waals surface area contributed by atoms with Crippen LogP contribution in [0.4, 0.5) is 4.79 Å². The number of rotatable bonds is 7. The molecule has 2 amide bonds. The maximum absolute atomic E-state index is 12.4. The fourth-order valence-corrected chi connectivity index (χ4v) is 2.57. The van der Waals surface area contributed by atoms with E-state index in [1.165, 1.54) is 26.4 Å². The number of carbonyl (C=O) groups excluding carboxylic acids is 2. The van der Waals surface area contributed by atoms with Gasteiger partial charge in [-0.3, -0.25) is 4.79 Å². The van der Waals surface area contributed by atoms with Crippen LogP contribution >= 0.6 is 0 Å². The Morgan fingerprint density at radius 1 is 1.19 bits per heavy atom. The standard InChI is InChI=1S/C16H30N2O3/c1-13(2)9-11-18(12-10-15(19)21-3)16(20)17-14-7-5-4-6-8-14/h13-14H,4-12H2,1-3H3,(H,17,20). The Hall–Kier alpha value is -1.26. The van der Waals surface area contributed by atoms with Crippen molar-refractivity contribution in [2.24, 2.45) is 5.92 Å². The molecule has 1 aliphatic carbocycles. The van der Waals surface area contributed by atoms with Crippen LogP contribution in [0.5, 0.6) is 0 Å². The van der Waals surface area contributed by atoms with Gasteiger partial charge in [0.05, 0.1) is 13.5 Å². The summed E-state index contributed by atoms with van der Waals surface area (Å²) in [4.78, 5) is 25.4. The minimum Gasteiger partial charge on any atom is -0.469 e. The van der Waals surface area contributed by atoms with Crippen LogP contribution in [0.1, 0.15) is 58.8 Å². The highest BCUT2D eigenvalue weighted by Gasteiger charge is 2.20. The summed E-state index contributed by atoms with van der Waals surface area (Å²) < 4.78 is 4.66. The summed E-state index contributed by atoms with van der Waals surface area (Å²) in [5, 5.41) is 3.12. The minimum absolute atomic E-state index is 0.0357. The highest BCUT2D eigenvalue weighted by Crippen LogP contribution is 2.17. The van der Waals surface area contributed by atoms with Gasteiger partial charge < -0.3 is 15.0 Å². The largest absolute Gasteiger partial charge is 0.469 e. The van der Waals surface area contributed by atoms with Crippen LogP contribution in [0.15, 0.2) is 0 Å². The molecule has 21 heavy (non-hydrogen) atoms. The summed E-state index contributed by atoms with van der Waals surface area (Å²) in [6.45, 7) is 5.39. The topological polar surface area (TPSA) is 58.6 Å².